The normalized spacial score (nSPS) is 17.1. The van der Waals surface area contributed by atoms with Crippen molar-refractivity contribution in [2.24, 2.45) is 5.73 Å². The third kappa shape index (κ3) is 3.02. The lowest BCUT2D eigenvalue weighted by molar-refractivity contribution is 0.0734. The number of aromatic nitrogens is 1. The van der Waals surface area contributed by atoms with Gasteiger partial charge in [-0.05, 0) is 55.5 Å². The summed E-state index contributed by atoms with van der Waals surface area (Å²) >= 11 is 0. The monoisotopic (exact) mass is 323 g/mol. The second kappa shape index (κ2) is 6.43. The number of hydrogen-bond donors (Lipinski definition) is 1. The van der Waals surface area contributed by atoms with Gasteiger partial charge in [-0.3, -0.25) is 14.6 Å². The van der Waals surface area contributed by atoms with Crippen molar-refractivity contribution in [1.82, 2.24) is 9.88 Å². The van der Waals surface area contributed by atoms with Gasteiger partial charge in [0.25, 0.3) is 11.8 Å². The molecule has 0 saturated carbocycles. The highest BCUT2D eigenvalue weighted by molar-refractivity contribution is 5.96. The molecule has 5 heteroatoms. The zero-order valence-corrected chi connectivity index (χ0v) is 14.0. The number of aryl methyl sites for hydroxylation is 2. The van der Waals surface area contributed by atoms with Crippen LogP contribution in [0.3, 0.4) is 0 Å². The Kier molecular flexibility index (Phi) is 4.34. The zero-order chi connectivity index (χ0) is 17.3. The first-order chi connectivity index (χ1) is 11.5. The average molecular weight is 323 g/mol. The molecule has 24 heavy (non-hydrogen) atoms. The fourth-order valence-corrected chi connectivity index (χ4v) is 3.16. The first-order valence-electron chi connectivity index (χ1n) is 8.11. The lowest BCUT2D eigenvalue weighted by atomic mass is 9.99. The lowest BCUT2D eigenvalue weighted by Gasteiger charge is -2.25. The van der Waals surface area contributed by atoms with Crippen molar-refractivity contribution in [3.63, 3.8) is 0 Å². The first-order valence-corrected chi connectivity index (χ1v) is 8.11. The van der Waals surface area contributed by atoms with Gasteiger partial charge in [0.1, 0.15) is 5.69 Å². The van der Waals surface area contributed by atoms with Gasteiger partial charge >= 0.3 is 0 Å². The van der Waals surface area contributed by atoms with Crippen LogP contribution < -0.4 is 5.73 Å². The Balaban J connectivity index is 1.85. The van der Waals surface area contributed by atoms with Crippen molar-refractivity contribution >= 4 is 11.8 Å². The van der Waals surface area contributed by atoms with E-state index in [0.717, 1.165) is 19.4 Å². The molecule has 2 amide bonds. The molecule has 5 nitrogen and oxygen atoms in total. The van der Waals surface area contributed by atoms with Gasteiger partial charge in [0, 0.05) is 12.7 Å². The molecule has 124 valence electrons. The number of nitrogens with zero attached hydrogens (tertiary/aromatic N) is 2. The van der Waals surface area contributed by atoms with Crippen LogP contribution in [0.25, 0.3) is 0 Å². The quantitative estimate of drug-likeness (QED) is 0.943. The van der Waals surface area contributed by atoms with Crippen LogP contribution in [-0.2, 0) is 0 Å². The molecule has 0 radical (unpaired) electrons. The number of carbonyl (C=O) groups is 2. The average Bonchev–Trinajstić information content (AvgIpc) is 3.06. The van der Waals surface area contributed by atoms with E-state index >= 15 is 0 Å². The minimum Gasteiger partial charge on any atom is -0.364 e. The SMILES string of the molecule is Cc1ccc(C2CCCN2C(=O)c2ccc(C(N)=O)nc2)cc1C. The van der Waals surface area contributed by atoms with Crippen molar-refractivity contribution < 1.29 is 9.59 Å². The van der Waals surface area contributed by atoms with E-state index in [1.807, 2.05) is 4.90 Å². The van der Waals surface area contributed by atoms with Gasteiger partial charge in [-0.15, -0.1) is 0 Å². The summed E-state index contributed by atoms with van der Waals surface area (Å²) < 4.78 is 0. The van der Waals surface area contributed by atoms with Crippen LogP contribution in [0.5, 0.6) is 0 Å². The molecule has 2 heterocycles. The number of amides is 2. The molecule has 3 rings (SSSR count). The molecular formula is C19H21N3O2. The standard InChI is InChI=1S/C19H21N3O2/c1-12-5-6-14(10-13(12)2)17-4-3-9-22(17)19(24)15-7-8-16(18(20)23)21-11-15/h5-8,10-11,17H,3-4,9H2,1-2H3,(H2,20,23). The number of likely N-dealkylation sites (tertiary alicyclic amines) is 1. The van der Waals surface area contributed by atoms with E-state index < -0.39 is 5.91 Å². The second-order valence-corrected chi connectivity index (χ2v) is 6.30. The Bertz CT molecular complexity index is 784. The molecule has 0 spiro atoms. The molecule has 1 unspecified atom stereocenters. The topological polar surface area (TPSA) is 76.3 Å². The van der Waals surface area contributed by atoms with Crippen molar-refractivity contribution in [3.8, 4) is 0 Å². The minimum absolute atomic E-state index is 0.0563. The molecule has 1 aromatic carbocycles. The highest BCUT2D eigenvalue weighted by Crippen LogP contribution is 2.33. The number of benzene rings is 1. The van der Waals surface area contributed by atoms with Gasteiger partial charge in [-0.2, -0.15) is 0 Å². The maximum Gasteiger partial charge on any atom is 0.267 e. The van der Waals surface area contributed by atoms with Crippen LogP contribution in [0.2, 0.25) is 0 Å². The molecule has 0 bridgehead atoms. The third-order valence-electron chi connectivity index (χ3n) is 4.69. The fourth-order valence-electron chi connectivity index (χ4n) is 3.16. The predicted octanol–water partition coefficient (Wildman–Crippen LogP) is 2.77. The summed E-state index contributed by atoms with van der Waals surface area (Å²) in [6, 6.07) is 9.58. The molecule has 1 aromatic heterocycles. The summed E-state index contributed by atoms with van der Waals surface area (Å²) in [6.45, 7) is 4.91. The van der Waals surface area contributed by atoms with Crippen LogP contribution in [0.15, 0.2) is 36.5 Å². The van der Waals surface area contributed by atoms with E-state index in [-0.39, 0.29) is 17.6 Å². The molecular weight excluding hydrogens is 302 g/mol. The molecule has 2 N–H and O–H groups in total. The van der Waals surface area contributed by atoms with Gasteiger partial charge in [0.2, 0.25) is 0 Å². The van der Waals surface area contributed by atoms with E-state index in [4.69, 9.17) is 5.73 Å². The first kappa shape index (κ1) is 16.2. The lowest BCUT2D eigenvalue weighted by Crippen LogP contribution is -2.30. The van der Waals surface area contributed by atoms with Crippen molar-refractivity contribution in [2.75, 3.05) is 6.54 Å². The van der Waals surface area contributed by atoms with Crippen molar-refractivity contribution in [1.29, 1.82) is 0 Å². The van der Waals surface area contributed by atoms with Gasteiger partial charge in [0.15, 0.2) is 0 Å². The molecule has 0 aliphatic carbocycles. The summed E-state index contributed by atoms with van der Waals surface area (Å²) in [5.41, 5.74) is 9.50. The molecule has 1 aliphatic rings. The van der Waals surface area contributed by atoms with Crippen LogP contribution in [0, 0.1) is 13.8 Å². The second-order valence-electron chi connectivity index (χ2n) is 6.30. The maximum absolute atomic E-state index is 12.8. The fraction of sp³-hybridized carbons (Fsp3) is 0.316. The Morgan fingerprint density at radius 3 is 2.58 bits per heavy atom. The van der Waals surface area contributed by atoms with E-state index in [9.17, 15) is 9.59 Å². The van der Waals surface area contributed by atoms with Crippen molar-refractivity contribution in [2.45, 2.75) is 32.7 Å². The molecule has 1 atom stereocenters. The predicted molar refractivity (Wildman–Crippen MR) is 91.7 cm³/mol. The maximum atomic E-state index is 12.8. The summed E-state index contributed by atoms with van der Waals surface area (Å²) in [6.07, 6.45) is 3.37. The zero-order valence-electron chi connectivity index (χ0n) is 14.0. The number of primary amides is 1. The van der Waals surface area contributed by atoms with E-state index in [0.29, 0.717) is 5.56 Å². The van der Waals surface area contributed by atoms with Gasteiger partial charge < -0.3 is 10.6 Å². The molecule has 1 saturated heterocycles. The van der Waals surface area contributed by atoms with Gasteiger partial charge in [-0.1, -0.05) is 18.2 Å². The number of pyridine rings is 1. The minimum atomic E-state index is -0.594. The molecule has 1 fully saturated rings. The highest BCUT2D eigenvalue weighted by Gasteiger charge is 2.30. The van der Waals surface area contributed by atoms with E-state index in [1.165, 1.54) is 29.0 Å². The highest BCUT2D eigenvalue weighted by atomic mass is 16.2. The summed E-state index contributed by atoms with van der Waals surface area (Å²) in [5.74, 6) is -0.651. The number of hydrogen-bond acceptors (Lipinski definition) is 3. The van der Waals surface area contributed by atoms with Crippen molar-refractivity contribution in [3.05, 3.63) is 64.5 Å². The van der Waals surface area contributed by atoms with Crippen LogP contribution in [-0.4, -0.2) is 28.2 Å². The summed E-state index contributed by atoms with van der Waals surface area (Å²) in [7, 11) is 0. The third-order valence-corrected chi connectivity index (χ3v) is 4.69. The Morgan fingerprint density at radius 2 is 1.96 bits per heavy atom. The summed E-state index contributed by atoms with van der Waals surface area (Å²) in [4.78, 5) is 29.8. The Hall–Kier alpha value is -2.69. The van der Waals surface area contributed by atoms with Crippen LogP contribution in [0.4, 0.5) is 0 Å². The van der Waals surface area contributed by atoms with Gasteiger partial charge in [-0.25, -0.2) is 0 Å². The van der Waals surface area contributed by atoms with Crippen LogP contribution >= 0.6 is 0 Å². The summed E-state index contributed by atoms with van der Waals surface area (Å²) in [5, 5.41) is 0. The van der Waals surface area contributed by atoms with E-state index in [1.54, 1.807) is 6.07 Å². The Labute approximate surface area is 141 Å². The van der Waals surface area contributed by atoms with E-state index in [2.05, 4.69) is 37.0 Å². The number of nitrogens with two attached hydrogens (primary N) is 1. The molecule has 2 aromatic rings. The Morgan fingerprint density at radius 1 is 1.17 bits per heavy atom. The van der Waals surface area contributed by atoms with Gasteiger partial charge in [0.05, 0.1) is 11.6 Å². The number of carbonyl (C=O) groups excluding carboxylic acids is 2. The smallest absolute Gasteiger partial charge is 0.267 e. The molecule has 1 aliphatic heterocycles. The largest absolute Gasteiger partial charge is 0.364 e. The van der Waals surface area contributed by atoms with Crippen LogP contribution in [0.1, 0.15) is 56.4 Å². The number of rotatable bonds is 3.